The lowest BCUT2D eigenvalue weighted by Crippen LogP contribution is -2.19. The predicted octanol–water partition coefficient (Wildman–Crippen LogP) is 5.41. The van der Waals surface area contributed by atoms with Gasteiger partial charge in [0, 0.05) is 28.4 Å². The van der Waals surface area contributed by atoms with E-state index in [4.69, 9.17) is 16.3 Å². The second-order valence-corrected chi connectivity index (χ2v) is 7.90. The summed E-state index contributed by atoms with van der Waals surface area (Å²) in [4.78, 5) is 28.6. The molecule has 4 rings (SSSR count). The topological polar surface area (TPSA) is 103 Å². The van der Waals surface area contributed by atoms with E-state index in [1.807, 2.05) is 30.3 Å². The third-order valence-corrected chi connectivity index (χ3v) is 5.76. The number of nitrogens with zero attached hydrogens (tertiary/aromatic N) is 3. The summed E-state index contributed by atoms with van der Waals surface area (Å²) < 4.78 is 6.60. The number of methoxy groups -OCH3 is 1. The molecule has 0 atom stereocenters. The molecular formula is C25H21ClN4O4. The molecule has 0 spiro atoms. The van der Waals surface area contributed by atoms with Gasteiger partial charge in [0.25, 0.3) is 11.2 Å². The smallest absolute Gasteiger partial charge is 0.280 e. The lowest BCUT2D eigenvalue weighted by molar-refractivity contribution is -0.384. The Morgan fingerprint density at radius 1 is 1.09 bits per heavy atom. The van der Waals surface area contributed by atoms with E-state index in [0.29, 0.717) is 40.0 Å². The summed E-state index contributed by atoms with van der Waals surface area (Å²) in [6.45, 7) is 2.09. The zero-order valence-corrected chi connectivity index (χ0v) is 19.2. The Bertz CT molecular complexity index is 1420. The summed E-state index contributed by atoms with van der Waals surface area (Å²) in [5.74, 6) is 0.687. The second kappa shape index (κ2) is 9.76. The Kier molecular flexibility index (Phi) is 6.60. The fourth-order valence-corrected chi connectivity index (χ4v) is 3.75. The molecule has 0 aliphatic carbocycles. The number of rotatable bonds is 7. The van der Waals surface area contributed by atoms with Crippen LogP contribution in [0.2, 0.25) is 5.02 Å². The van der Waals surface area contributed by atoms with Crippen LogP contribution < -0.4 is 10.3 Å². The van der Waals surface area contributed by atoms with Crippen LogP contribution in [-0.4, -0.2) is 27.5 Å². The molecule has 0 aliphatic rings. The maximum absolute atomic E-state index is 13.5. The Balaban J connectivity index is 1.82. The van der Waals surface area contributed by atoms with E-state index in [9.17, 15) is 14.9 Å². The van der Waals surface area contributed by atoms with Crippen LogP contribution in [0.3, 0.4) is 0 Å². The monoisotopic (exact) mass is 476 g/mol. The summed E-state index contributed by atoms with van der Waals surface area (Å²) in [5, 5.41) is 14.8. The molecule has 0 saturated heterocycles. The average molecular weight is 477 g/mol. The number of nitro groups is 1. The van der Waals surface area contributed by atoms with Gasteiger partial charge in [-0.1, -0.05) is 29.8 Å². The molecule has 1 heterocycles. The quantitative estimate of drug-likeness (QED) is 0.219. The highest BCUT2D eigenvalue weighted by Gasteiger charge is 2.20. The van der Waals surface area contributed by atoms with Gasteiger partial charge in [0.2, 0.25) is 0 Å². The number of H-pyrrole nitrogens is 1. The molecule has 1 N–H and O–H groups in total. The maximum Gasteiger partial charge on any atom is 0.280 e. The Morgan fingerprint density at radius 3 is 2.38 bits per heavy atom. The van der Waals surface area contributed by atoms with E-state index < -0.39 is 4.92 Å². The van der Waals surface area contributed by atoms with Gasteiger partial charge < -0.3 is 4.74 Å². The summed E-state index contributed by atoms with van der Waals surface area (Å²) in [6, 6.07) is 20.4. The first-order valence-corrected chi connectivity index (χ1v) is 10.8. The number of aromatic amines is 1. The number of halogens is 1. The molecule has 172 valence electrons. The van der Waals surface area contributed by atoms with Gasteiger partial charge in [0.1, 0.15) is 5.75 Å². The first-order chi connectivity index (χ1) is 16.4. The fraction of sp³-hybridized carbons (Fsp3) is 0.120. The number of ether oxygens (including phenoxy) is 1. The van der Waals surface area contributed by atoms with E-state index in [-0.39, 0.29) is 11.2 Å². The predicted molar refractivity (Wildman–Crippen MR) is 132 cm³/mol. The second-order valence-electron chi connectivity index (χ2n) is 7.50. The van der Waals surface area contributed by atoms with Crippen molar-refractivity contribution in [3.63, 3.8) is 0 Å². The van der Waals surface area contributed by atoms with Gasteiger partial charge in [0.15, 0.2) is 0 Å². The summed E-state index contributed by atoms with van der Waals surface area (Å²) in [7, 11) is 1.58. The number of hydrogen-bond acceptors (Lipinski definition) is 5. The van der Waals surface area contributed by atoms with Crippen molar-refractivity contribution in [2.24, 2.45) is 4.99 Å². The minimum atomic E-state index is -0.485. The average Bonchev–Trinajstić information content (AvgIpc) is 3.20. The molecule has 1 aromatic heterocycles. The molecular weight excluding hydrogens is 456 g/mol. The van der Waals surface area contributed by atoms with Gasteiger partial charge in [-0.3, -0.25) is 25.0 Å². The van der Waals surface area contributed by atoms with Crippen molar-refractivity contribution in [1.82, 2.24) is 9.78 Å². The van der Waals surface area contributed by atoms with Gasteiger partial charge >= 0.3 is 0 Å². The van der Waals surface area contributed by atoms with Crippen molar-refractivity contribution in [1.29, 1.82) is 0 Å². The molecule has 8 nitrogen and oxygen atoms in total. The van der Waals surface area contributed by atoms with Gasteiger partial charge in [-0.2, -0.15) is 0 Å². The summed E-state index contributed by atoms with van der Waals surface area (Å²) in [6.07, 6.45) is 0. The highest BCUT2D eigenvalue weighted by atomic mass is 35.5. The van der Waals surface area contributed by atoms with E-state index in [1.54, 1.807) is 32.2 Å². The molecule has 3 aromatic carbocycles. The number of benzene rings is 3. The molecule has 9 heteroatoms. The molecule has 34 heavy (non-hydrogen) atoms. The number of aliphatic imine (C=N–C) groups is 1. The lowest BCUT2D eigenvalue weighted by Gasteiger charge is -2.05. The van der Waals surface area contributed by atoms with Crippen LogP contribution in [-0.2, 0) is 6.54 Å². The third kappa shape index (κ3) is 4.62. The molecule has 0 aliphatic heterocycles. The van der Waals surface area contributed by atoms with Crippen LogP contribution in [0, 0.1) is 10.1 Å². The molecule has 4 aromatic rings. The first kappa shape index (κ1) is 23.0. The normalized spacial score (nSPS) is 11.4. The minimum Gasteiger partial charge on any atom is -0.497 e. The van der Waals surface area contributed by atoms with Gasteiger partial charge in [-0.25, -0.2) is 4.68 Å². The van der Waals surface area contributed by atoms with Gasteiger partial charge in [0.05, 0.1) is 35.5 Å². The van der Waals surface area contributed by atoms with Crippen LogP contribution in [0.5, 0.6) is 5.75 Å². The zero-order valence-electron chi connectivity index (χ0n) is 18.5. The fourth-order valence-electron chi connectivity index (χ4n) is 3.55. The zero-order chi connectivity index (χ0) is 24.2. The lowest BCUT2D eigenvalue weighted by atomic mass is 10.0. The number of nitrogens with one attached hydrogen (secondary N) is 1. The molecule has 0 saturated carbocycles. The van der Waals surface area contributed by atoms with E-state index in [2.05, 4.69) is 10.1 Å². The maximum atomic E-state index is 13.5. The van der Waals surface area contributed by atoms with Crippen LogP contribution in [0.1, 0.15) is 18.1 Å². The summed E-state index contributed by atoms with van der Waals surface area (Å²) >= 11 is 6.26. The highest BCUT2D eigenvalue weighted by Crippen LogP contribution is 2.25. The molecule has 0 unspecified atom stereocenters. The van der Waals surface area contributed by atoms with Crippen molar-refractivity contribution in [3.05, 3.63) is 109 Å². The van der Waals surface area contributed by atoms with Crippen LogP contribution in [0.15, 0.2) is 82.6 Å². The SMILES string of the molecule is COc1ccc(-c2[nH]n(-c3ccc([N+](=O)[O-])cc3)c(=O)c2C(C)=NCc2ccccc2Cl)cc1. The van der Waals surface area contributed by atoms with E-state index in [0.717, 1.165) is 11.1 Å². The Morgan fingerprint density at radius 2 is 1.76 bits per heavy atom. The van der Waals surface area contributed by atoms with E-state index in [1.165, 1.54) is 28.9 Å². The first-order valence-electron chi connectivity index (χ1n) is 10.4. The van der Waals surface area contributed by atoms with Crippen molar-refractivity contribution < 1.29 is 9.66 Å². The van der Waals surface area contributed by atoms with Gasteiger partial charge in [-0.15, -0.1) is 0 Å². The molecule has 0 bridgehead atoms. The van der Waals surface area contributed by atoms with Crippen molar-refractivity contribution in [2.45, 2.75) is 13.5 Å². The van der Waals surface area contributed by atoms with Crippen molar-refractivity contribution in [2.75, 3.05) is 7.11 Å². The molecule has 0 radical (unpaired) electrons. The third-order valence-electron chi connectivity index (χ3n) is 5.39. The minimum absolute atomic E-state index is 0.0589. The highest BCUT2D eigenvalue weighted by molar-refractivity contribution is 6.31. The standard InChI is InChI=1S/C25H21ClN4O4/c1-16(27-15-18-5-3-4-6-22(18)26)23-24(17-7-13-21(34-2)14-8-17)28-29(25(23)31)19-9-11-20(12-10-19)30(32)33/h3-14,28H,15H2,1-2H3. The molecule has 0 fully saturated rings. The number of hydrogen-bond donors (Lipinski definition) is 1. The van der Waals surface area contributed by atoms with Crippen molar-refractivity contribution >= 4 is 23.0 Å². The number of aromatic nitrogens is 2. The van der Waals surface area contributed by atoms with Gasteiger partial charge in [-0.05, 0) is 55.0 Å². The van der Waals surface area contributed by atoms with E-state index >= 15 is 0 Å². The van der Waals surface area contributed by atoms with Crippen LogP contribution in [0.25, 0.3) is 16.9 Å². The largest absolute Gasteiger partial charge is 0.497 e. The van der Waals surface area contributed by atoms with Crippen LogP contribution >= 0.6 is 11.6 Å². The number of nitro benzene ring substituents is 1. The number of non-ortho nitro benzene ring substituents is 1. The Hall–Kier alpha value is -4.17. The molecule has 0 amide bonds. The summed E-state index contributed by atoms with van der Waals surface area (Å²) in [5.41, 5.74) is 3.21. The Labute approximate surface area is 200 Å². The van der Waals surface area contributed by atoms with Crippen LogP contribution in [0.4, 0.5) is 5.69 Å². The van der Waals surface area contributed by atoms with Crippen molar-refractivity contribution in [3.8, 4) is 22.7 Å².